The molecule has 3 heterocycles. The number of carbonyl (C=O) groups is 1. The fourth-order valence-corrected chi connectivity index (χ4v) is 5.33. The van der Waals surface area contributed by atoms with Crippen molar-refractivity contribution in [3.8, 4) is 0 Å². The van der Waals surface area contributed by atoms with E-state index in [4.69, 9.17) is 4.42 Å². The van der Waals surface area contributed by atoms with Gasteiger partial charge in [0.25, 0.3) is 5.91 Å². The van der Waals surface area contributed by atoms with Crippen LogP contribution in [-0.2, 0) is 0 Å². The minimum absolute atomic E-state index is 0.0937. The molecule has 5 nitrogen and oxygen atoms in total. The number of anilines is 1. The van der Waals surface area contributed by atoms with Gasteiger partial charge in [0, 0.05) is 9.35 Å². The van der Waals surface area contributed by atoms with Crippen molar-refractivity contribution in [1.82, 2.24) is 4.98 Å². The molecule has 1 aliphatic heterocycles. The summed E-state index contributed by atoms with van der Waals surface area (Å²) in [6.07, 6.45) is 0. The van der Waals surface area contributed by atoms with Crippen LogP contribution in [0.3, 0.4) is 0 Å². The normalized spacial score (nSPS) is 15.7. The predicted octanol–water partition coefficient (Wildman–Crippen LogP) is 6.00. The van der Waals surface area contributed by atoms with Gasteiger partial charge in [-0.15, -0.1) is 11.3 Å². The van der Waals surface area contributed by atoms with E-state index in [9.17, 15) is 9.59 Å². The van der Waals surface area contributed by atoms with Gasteiger partial charge in [0.05, 0.1) is 22.7 Å². The summed E-state index contributed by atoms with van der Waals surface area (Å²) in [5, 5.41) is 1.05. The Morgan fingerprint density at radius 2 is 1.81 bits per heavy atom. The van der Waals surface area contributed by atoms with Gasteiger partial charge in [-0.2, -0.15) is 0 Å². The highest BCUT2D eigenvalue weighted by atomic mass is 79.9. The monoisotopic (exact) mass is 494 g/mol. The van der Waals surface area contributed by atoms with E-state index in [0.717, 1.165) is 31.7 Å². The van der Waals surface area contributed by atoms with Crippen molar-refractivity contribution >= 4 is 49.3 Å². The smallest absolute Gasteiger partial charge is 0.297 e. The number of benzene rings is 2. The molecule has 0 radical (unpaired) electrons. The number of halogens is 1. The number of fused-ring (bicyclic) bond motifs is 2. The summed E-state index contributed by atoms with van der Waals surface area (Å²) in [5.41, 5.74) is 4.32. The highest BCUT2D eigenvalue weighted by Gasteiger charge is 2.45. The third-order valence-electron chi connectivity index (χ3n) is 5.87. The number of thiazole rings is 1. The zero-order valence-corrected chi connectivity index (χ0v) is 19.8. The molecule has 1 aliphatic rings. The predicted molar refractivity (Wildman–Crippen MR) is 126 cm³/mol. The van der Waals surface area contributed by atoms with Gasteiger partial charge in [-0.05, 0) is 68.7 Å². The van der Waals surface area contributed by atoms with Gasteiger partial charge in [0.15, 0.2) is 10.6 Å². The molecule has 0 bridgehead atoms. The van der Waals surface area contributed by atoms with Crippen LogP contribution in [0.15, 0.2) is 50.1 Å². The first-order valence-electron chi connectivity index (χ1n) is 9.87. The molecular formula is C24H19BrN2O3S. The number of carbonyl (C=O) groups excluding carboxylic acids is 1. The van der Waals surface area contributed by atoms with Crippen LogP contribution < -0.4 is 10.3 Å². The molecule has 7 heteroatoms. The van der Waals surface area contributed by atoms with Gasteiger partial charge in [-0.1, -0.05) is 28.1 Å². The van der Waals surface area contributed by atoms with Crippen molar-refractivity contribution in [2.24, 2.45) is 0 Å². The molecule has 1 unspecified atom stereocenters. The van der Waals surface area contributed by atoms with E-state index >= 15 is 0 Å². The summed E-state index contributed by atoms with van der Waals surface area (Å²) in [4.78, 5) is 34.5. The Hall–Kier alpha value is -2.77. The molecule has 4 aromatic rings. The van der Waals surface area contributed by atoms with E-state index < -0.39 is 6.04 Å². The van der Waals surface area contributed by atoms with Crippen LogP contribution in [0, 0.1) is 27.7 Å². The van der Waals surface area contributed by atoms with Crippen molar-refractivity contribution < 1.29 is 9.21 Å². The molecule has 5 rings (SSSR count). The van der Waals surface area contributed by atoms with E-state index in [1.165, 1.54) is 11.3 Å². The van der Waals surface area contributed by atoms with E-state index in [1.807, 2.05) is 64.1 Å². The molecule has 0 N–H and O–H groups in total. The van der Waals surface area contributed by atoms with E-state index in [0.29, 0.717) is 21.7 Å². The van der Waals surface area contributed by atoms with Crippen LogP contribution in [0.1, 0.15) is 49.4 Å². The second-order valence-electron chi connectivity index (χ2n) is 7.88. The molecule has 0 saturated carbocycles. The molecule has 31 heavy (non-hydrogen) atoms. The number of hydrogen-bond acceptors (Lipinski definition) is 5. The lowest BCUT2D eigenvalue weighted by molar-refractivity contribution is 0.0971. The summed E-state index contributed by atoms with van der Waals surface area (Å²) in [6, 6.07) is 10.7. The fraction of sp³-hybridized carbons (Fsp3) is 0.208. The van der Waals surface area contributed by atoms with Crippen LogP contribution in [0.5, 0.6) is 0 Å². The van der Waals surface area contributed by atoms with Crippen molar-refractivity contribution in [3.05, 3.63) is 89.7 Å². The molecule has 2 aromatic carbocycles. The summed E-state index contributed by atoms with van der Waals surface area (Å²) in [6.45, 7) is 7.81. The molecule has 1 amide bonds. The number of aryl methyl sites for hydroxylation is 4. The van der Waals surface area contributed by atoms with Gasteiger partial charge < -0.3 is 4.42 Å². The van der Waals surface area contributed by atoms with Gasteiger partial charge >= 0.3 is 0 Å². The molecule has 156 valence electrons. The lowest BCUT2D eigenvalue weighted by atomic mass is 9.98. The van der Waals surface area contributed by atoms with Crippen LogP contribution in [-0.4, -0.2) is 10.9 Å². The Morgan fingerprint density at radius 1 is 1.06 bits per heavy atom. The SMILES string of the molecule is Cc1cc2oc3c(c(=O)c2cc1C)C(c1cccc(Br)c1)N(c1nc(C)c(C)s1)C3=O. The van der Waals surface area contributed by atoms with Crippen LogP contribution >= 0.6 is 27.3 Å². The average molecular weight is 495 g/mol. The lowest BCUT2D eigenvalue weighted by Gasteiger charge is -2.22. The van der Waals surface area contributed by atoms with Crippen molar-refractivity contribution in [1.29, 1.82) is 0 Å². The molecule has 0 aliphatic carbocycles. The maximum Gasteiger partial charge on any atom is 0.297 e. The van der Waals surface area contributed by atoms with E-state index in [2.05, 4.69) is 20.9 Å². The number of hydrogen-bond donors (Lipinski definition) is 0. The maximum absolute atomic E-state index is 13.7. The molecule has 0 spiro atoms. The highest BCUT2D eigenvalue weighted by molar-refractivity contribution is 9.10. The second-order valence-corrected chi connectivity index (χ2v) is 9.97. The average Bonchev–Trinajstić information content (AvgIpc) is 3.20. The zero-order chi connectivity index (χ0) is 22.0. The first-order chi connectivity index (χ1) is 14.8. The summed E-state index contributed by atoms with van der Waals surface area (Å²) >= 11 is 4.96. The first-order valence-corrected chi connectivity index (χ1v) is 11.5. The van der Waals surface area contributed by atoms with Gasteiger partial charge in [0.2, 0.25) is 5.76 Å². The number of aromatic nitrogens is 1. The van der Waals surface area contributed by atoms with Crippen LogP contribution in [0.4, 0.5) is 5.13 Å². The topological polar surface area (TPSA) is 63.4 Å². The summed E-state index contributed by atoms with van der Waals surface area (Å²) in [7, 11) is 0. The number of nitrogens with zero attached hydrogens (tertiary/aromatic N) is 2. The first kappa shape index (κ1) is 20.2. The zero-order valence-electron chi connectivity index (χ0n) is 17.4. The quantitative estimate of drug-likeness (QED) is 0.343. The van der Waals surface area contributed by atoms with E-state index in [-0.39, 0.29) is 17.1 Å². The van der Waals surface area contributed by atoms with Gasteiger partial charge in [-0.3, -0.25) is 14.5 Å². The van der Waals surface area contributed by atoms with Gasteiger partial charge in [-0.25, -0.2) is 4.98 Å². The number of rotatable bonds is 2. The standard InChI is InChI=1S/C24H19BrN2O3S/c1-11-8-17-18(9-12(11)2)30-22-19(21(17)28)20(15-6-5-7-16(25)10-15)27(23(22)29)24-26-13(3)14(4)31-24/h5-10,20H,1-4H3. The fourth-order valence-electron chi connectivity index (χ4n) is 3.98. The molecule has 1 atom stereocenters. The minimum Gasteiger partial charge on any atom is -0.450 e. The third kappa shape index (κ3) is 3.06. The Bertz CT molecular complexity index is 1430. The van der Waals surface area contributed by atoms with Crippen molar-refractivity contribution in [2.45, 2.75) is 33.7 Å². The van der Waals surface area contributed by atoms with Gasteiger partial charge in [0.1, 0.15) is 5.58 Å². The summed E-state index contributed by atoms with van der Waals surface area (Å²) in [5.74, 6) is -0.248. The Morgan fingerprint density at radius 3 is 2.48 bits per heavy atom. The van der Waals surface area contributed by atoms with Crippen LogP contribution in [0.25, 0.3) is 11.0 Å². The van der Waals surface area contributed by atoms with Crippen LogP contribution in [0.2, 0.25) is 0 Å². The number of amides is 1. The Kier molecular flexibility index (Phi) is 4.64. The van der Waals surface area contributed by atoms with Crippen molar-refractivity contribution in [2.75, 3.05) is 4.90 Å². The third-order valence-corrected chi connectivity index (χ3v) is 7.44. The minimum atomic E-state index is -0.604. The second kappa shape index (κ2) is 7.14. The Balaban J connectivity index is 1.84. The molecule has 2 aromatic heterocycles. The maximum atomic E-state index is 13.7. The summed E-state index contributed by atoms with van der Waals surface area (Å²) < 4.78 is 6.95. The van der Waals surface area contributed by atoms with E-state index in [1.54, 1.807) is 4.90 Å². The Labute approximate surface area is 191 Å². The largest absolute Gasteiger partial charge is 0.450 e. The van der Waals surface area contributed by atoms with Crippen molar-refractivity contribution in [3.63, 3.8) is 0 Å². The molecule has 0 fully saturated rings. The molecule has 0 saturated heterocycles. The highest BCUT2D eigenvalue weighted by Crippen LogP contribution is 2.43. The molecular weight excluding hydrogens is 476 g/mol. The lowest BCUT2D eigenvalue weighted by Crippen LogP contribution is -2.29.